The molecule has 0 aromatic heterocycles. The molecule has 2 amide bonds. The molecule has 1 atom stereocenters. The van der Waals surface area contributed by atoms with Gasteiger partial charge >= 0.3 is 0 Å². The van der Waals surface area contributed by atoms with E-state index in [1.807, 2.05) is 35.2 Å². The first kappa shape index (κ1) is 19.9. The summed E-state index contributed by atoms with van der Waals surface area (Å²) in [6.07, 6.45) is 5.31. The molecular weight excluding hydrogens is 338 g/mol. The summed E-state index contributed by atoms with van der Waals surface area (Å²) in [5, 5.41) is 3.38. The highest BCUT2D eigenvalue weighted by molar-refractivity contribution is 5.82. The third kappa shape index (κ3) is 5.32. The second kappa shape index (κ2) is 9.88. The highest BCUT2D eigenvalue weighted by atomic mass is 16.2. The van der Waals surface area contributed by atoms with E-state index in [0.29, 0.717) is 19.0 Å². The van der Waals surface area contributed by atoms with Gasteiger partial charge in [-0.2, -0.15) is 0 Å². The molecule has 2 saturated heterocycles. The van der Waals surface area contributed by atoms with Crippen molar-refractivity contribution < 1.29 is 9.59 Å². The highest BCUT2D eigenvalue weighted by Crippen LogP contribution is 2.23. The molecule has 2 aliphatic heterocycles. The number of nitrogens with one attached hydrogen (secondary N) is 1. The predicted octanol–water partition coefficient (Wildman–Crippen LogP) is 2.46. The van der Waals surface area contributed by atoms with E-state index in [1.54, 1.807) is 0 Å². The van der Waals surface area contributed by atoms with E-state index in [1.165, 1.54) is 0 Å². The lowest BCUT2D eigenvalue weighted by Gasteiger charge is -2.39. The van der Waals surface area contributed by atoms with E-state index in [2.05, 4.69) is 17.1 Å². The van der Waals surface area contributed by atoms with Crippen molar-refractivity contribution in [2.45, 2.75) is 51.5 Å². The molecule has 1 unspecified atom stereocenters. The molecule has 1 N–H and O–H groups in total. The van der Waals surface area contributed by atoms with Crippen LogP contribution in [0.4, 0.5) is 0 Å². The Morgan fingerprint density at radius 2 is 1.89 bits per heavy atom. The number of piperidine rings is 2. The van der Waals surface area contributed by atoms with Crippen LogP contribution in [0.15, 0.2) is 30.3 Å². The van der Waals surface area contributed by atoms with Crippen LogP contribution in [0, 0.1) is 5.92 Å². The molecule has 0 aliphatic carbocycles. The molecule has 5 heteroatoms. The number of hydrogen-bond acceptors (Lipinski definition) is 3. The Balaban J connectivity index is 1.61. The molecule has 0 saturated carbocycles. The Hall–Kier alpha value is -1.88. The summed E-state index contributed by atoms with van der Waals surface area (Å²) in [6.45, 7) is 6.30. The standard InChI is InChI=1S/C22H33N3O2/c1-2-14-25(20-10-12-23-13-11-20)22(27)19-9-6-15-24(17-19)21(26)16-18-7-4-3-5-8-18/h3-5,7-8,19-20,23H,2,6,9-17H2,1H3. The van der Waals surface area contributed by atoms with Gasteiger partial charge in [-0.1, -0.05) is 37.3 Å². The molecule has 3 rings (SSSR count). The van der Waals surface area contributed by atoms with Crippen molar-refractivity contribution in [2.75, 3.05) is 32.7 Å². The molecule has 2 fully saturated rings. The maximum Gasteiger partial charge on any atom is 0.227 e. The first-order valence-electron chi connectivity index (χ1n) is 10.5. The molecule has 1 aromatic rings. The van der Waals surface area contributed by atoms with E-state index in [-0.39, 0.29) is 17.7 Å². The lowest BCUT2D eigenvalue weighted by Crippen LogP contribution is -2.52. The molecular formula is C22H33N3O2. The van der Waals surface area contributed by atoms with Crippen molar-refractivity contribution in [3.63, 3.8) is 0 Å². The van der Waals surface area contributed by atoms with Crippen LogP contribution in [-0.4, -0.2) is 60.4 Å². The molecule has 5 nitrogen and oxygen atoms in total. The van der Waals surface area contributed by atoms with Gasteiger partial charge < -0.3 is 15.1 Å². The average molecular weight is 372 g/mol. The predicted molar refractivity (Wildman–Crippen MR) is 107 cm³/mol. The number of amides is 2. The fourth-order valence-corrected chi connectivity index (χ4v) is 4.35. The normalized spacial score (nSPS) is 21.1. The summed E-state index contributed by atoms with van der Waals surface area (Å²) in [7, 11) is 0. The van der Waals surface area contributed by atoms with Crippen LogP contribution >= 0.6 is 0 Å². The third-order valence-corrected chi connectivity index (χ3v) is 5.82. The van der Waals surface area contributed by atoms with Crippen molar-refractivity contribution >= 4 is 11.8 Å². The Morgan fingerprint density at radius 1 is 1.15 bits per heavy atom. The Morgan fingerprint density at radius 3 is 2.59 bits per heavy atom. The van der Waals surface area contributed by atoms with Gasteiger partial charge in [0, 0.05) is 25.7 Å². The minimum Gasteiger partial charge on any atom is -0.342 e. The lowest BCUT2D eigenvalue weighted by atomic mass is 9.94. The van der Waals surface area contributed by atoms with Gasteiger partial charge in [-0.25, -0.2) is 0 Å². The maximum absolute atomic E-state index is 13.3. The zero-order valence-electron chi connectivity index (χ0n) is 16.5. The van der Waals surface area contributed by atoms with Crippen LogP contribution < -0.4 is 5.32 Å². The van der Waals surface area contributed by atoms with Crippen molar-refractivity contribution in [2.24, 2.45) is 5.92 Å². The molecule has 0 spiro atoms. The summed E-state index contributed by atoms with van der Waals surface area (Å²) < 4.78 is 0. The zero-order chi connectivity index (χ0) is 19.1. The fourth-order valence-electron chi connectivity index (χ4n) is 4.35. The molecule has 2 aliphatic rings. The van der Waals surface area contributed by atoms with Crippen LogP contribution in [0.2, 0.25) is 0 Å². The summed E-state index contributed by atoms with van der Waals surface area (Å²) in [4.78, 5) is 30.0. The molecule has 2 heterocycles. The van der Waals surface area contributed by atoms with Gasteiger partial charge in [0.15, 0.2) is 0 Å². The minimum atomic E-state index is -0.0418. The molecule has 0 radical (unpaired) electrons. The van der Waals surface area contributed by atoms with Crippen molar-refractivity contribution in [3.05, 3.63) is 35.9 Å². The van der Waals surface area contributed by atoms with Crippen LogP contribution in [0.1, 0.15) is 44.6 Å². The van der Waals surface area contributed by atoms with Crippen molar-refractivity contribution in [1.29, 1.82) is 0 Å². The molecule has 27 heavy (non-hydrogen) atoms. The largest absolute Gasteiger partial charge is 0.342 e. The van der Waals surface area contributed by atoms with Gasteiger partial charge in [-0.3, -0.25) is 9.59 Å². The third-order valence-electron chi connectivity index (χ3n) is 5.82. The van der Waals surface area contributed by atoms with Crippen LogP contribution in [0.5, 0.6) is 0 Å². The van der Waals surface area contributed by atoms with Gasteiger partial charge in [0.1, 0.15) is 0 Å². The van der Waals surface area contributed by atoms with Crippen LogP contribution in [0.25, 0.3) is 0 Å². The number of likely N-dealkylation sites (tertiary alicyclic amines) is 1. The summed E-state index contributed by atoms with van der Waals surface area (Å²) in [5.74, 6) is 0.364. The van der Waals surface area contributed by atoms with E-state index in [9.17, 15) is 9.59 Å². The number of hydrogen-bond donors (Lipinski definition) is 1. The van der Waals surface area contributed by atoms with Gasteiger partial charge in [-0.15, -0.1) is 0 Å². The summed E-state index contributed by atoms with van der Waals surface area (Å²) in [5.41, 5.74) is 1.04. The quantitative estimate of drug-likeness (QED) is 0.836. The minimum absolute atomic E-state index is 0.0418. The van der Waals surface area contributed by atoms with Gasteiger partial charge in [0.25, 0.3) is 0 Å². The SMILES string of the molecule is CCCN(C(=O)C1CCCN(C(=O)Cc2ccccc2)C1)C1CCNCC1. The van der Waals surface area contributed by atoms with E-state index in [4.69, 9.17) is 0 Å². The maximum atomic E-state index is 13.3. The molecule has 1 aromatic carbocycles. The topological polar surface area (TPSA) is 52.7 Å². The lowest BCUT2D eigenvalue weighted by molar-refractivity contribution is -0.143. The first-order valence-corrected chi connectivity index (χ1v) is 10.5. The Bertz CT molecular complexity index is 613. The smallest absolute Gasteiger partial charge is 0.227 e. The monoisotopic (exact) mass is 371 g/mol. The first-order chi connectivity index (χ1) is 13.2. The molecule has 148 valence electrons. The summed E-state index contributed by atoms with van der Waals surface area (Å²) >= 11 is 0. The highest BCUT2D eigenvalue weighted by Gasteiger charge is 2.34. The van der Waals surface area contributed by atoms with E-state index in [0.717, 1.165) is 63.8 Å². The number of carbonyl (C=O) groups excluding carboxylic acids is 2. The van der Waals surface area contributed by atoms with Crippen molar-refractivity contribution in [1.82, 2.24) is 15.1 Å². The number of rotatable bonds is 6. The zero-order valence-corrected chi connectivity index (χ0v) is 16.5. The van der Waals surface area contributed by atoms with Crippen LogP contribution in [0.3, 0.4) is 0 Å². The number of benzene rings is 1. The number of carbonyl (C=O) groups is 2. The van der Waals surface area contributed by atoms with Gasteiger partial charge in [-0.05, 0) is 50.8 Å². The van der Waals surface area contributed by atoms with Crippen molar-refractivity contribution in [3.8, 4) is 0 Å². The van der Waals surface area contributed by atoms with Crippen LogP contribution in [-0.2, 0) is 16.0 Å². The van der Waals surface area contributed by atoms with Gasteiger partial charge in [0.05, 0.1) is 12.3 Å². The average Bonchev–Trinajstić information content (AvgIpc) is 2.73. The second-order valence-corrected chi connectivity index (χ2v) is 7.85. The Labute approximate surface area is 163 Å². The Kier molecular flexibility index (Phi) is 7.27. The fraction of sp³-hybridized carbons (Fsp3) is 0.636. The number of nitrogens with zero attached hydrogens (tertiary/aromatic N) is 2. The van der Waals surface area contributed by atoms with E-state index >= 15 is 0 Å². The van der Waals surface area contributed by atoms with Gasteiger partial charge in [0.2, 0.25) is 11.8 Å². The van der Waals surface area contributed by atoms with E-state index < -0.39 is 0 Å². The summed E-state index contributed by atoms with van der Waals surface area (Å²) in [6, 6.07) is 10.2. The molecule has 0 bridgehead atoms. The second-order valence-electron chi connectivity index (χ2n) is 7.85.